The molecule has 0 unspecified atom stereocenters. The minimum absolute atomic E-state index is 0.0721. The van der Waals surface area contributed by atoms with Crippen LogP contribution < -0.4 is 10.9 Å². The molecule has 2 fully saturated rings. The highest BCUT2D eigenvalue weighted by molar-refractivity contribution is 5.96. The number of nitrogens with zero attached hydrogens (tertiary/aromatic N) is 2. The van der Waals surface area contributed by atoms with E-state index in [0.29, 0.717) is 49.4 Å². The van der Waals surface area contributed by atoms with E-state index < -0.39 is 0 Å². The van der Waals surface area contributed by atoms with Crippen molar-refractivity contribution in [1.29, 1.82) is 0 Å². The largest absolute Gasteiger partial charge is 0.273 e. The molecule has 2 saturated carbocycles. The fourth-order valence-electron chi connectivity index (χ4n) is 4.27. The van der Waals surface area contributed by atoms with E-state index in [-0.39, 0.29) is 11.8 Å². The van der Waals surface area contributed by atoms with Gasteiger partial charge in [0, 0.05) is 36.1 Å². The van der Waals surface area contributed by atoms with Gasteiger partial charge in [0.05, 0.1) is 0 Å². The van der Waals surface area contributed by atoms with Gasteiger partial charge in [-0.3, -0.25) is 9.59 Å². The van der Waals surface area contributed by atoms with Gasteiger partial charge in [0.15, 0.2) is 0 Å². The Morgan fingerprint density at radius 1 is 0.846 bits per heavy atom. The van der Waals surface area contributed by atoms with E-state index >= 15 is 0 Å². The predicted molar refractivity (Wildman–Crippen MR) is 100 cm³/mol. The third kappa shape index (κ3) is 3.64. The number of allylic oxidation sites excluding steroid dienone is 4. The van der Waals surface area contributed by atoms with E-state index in [1.165, 1.54) is 0 Å². The number of amides is 2. The van der Waals surface area contributed by atoms with Gasteiger partial charge in [-0.15, -0.1) is 0 Å². The van der Waals surface area contributed by atoms with Crippen molar-refractivity contribution in [3.63, 3.8) is 0 Å². The molecule has 4 aliphatic rings. The van der Waals surface area contributed by atoms with E-state index in [9.17, 15) is 9.59 Å². The summed E-state index contributed by atoms with van der Waals surface area (Å²) in [7, 11) is 0. The molecule has 26 heavy (non-hydrogen) atoms. The van der Waals surface area contributed by atoms with Gasteiger partial charge in [0.1, 0.15) is 0 Å². The first-order valence-electron chi connectivity index (χ1n) is 9.74. The standard InChI is InChI=1S/C20H26N4O2/c25-19(23-21-17-11-13-5-3-7-15(13)17)9-1-2-10-20(26)24-22-18-12-14-6-4-8-16(14)18/h3-4,7-8,13-16H,1-2,5-6,9-12H2,(H,23,25)(H,24,26)/b21-17-,22-18-/t13-,14-,15-,16+/m1/s1. The summed E-state index contributed by atoms with van der Waals surface area (Å²) < 4.78 is 0. The average Bonchev–Trinajstić information content (AvgIpc) is 3.15. The normalized spacial score (nSPS) is 33.5. The number of nitrogens with one attached hydrogen (secondary N) is 2. The molecular weight excluding hydrogens is 328 g/mol. The zero-order valence-electron chi connectivity index (χ0n) is 15.0. The van der Waals surface area contributed by atoms with Crippen molar-refractivity contribution in [1.82, 2.24) is 10.9 Å². The molecule has 0 radical (unpaired) electrons. The van der Waals surface area contributed by atoms with Gasteiger partial charge in [0.2, 0.25) is 11.8 Å². The Labute approximate surface area is 153 Å². The third-order valence-corrected chi connectivity index (χ3v) is 6.00. The van der Waals surface area contributed by atoms with E-state index in [1.807, 2.05) is 0 Å². The quantitative estimate of drug-likeness (QED) is 0.419. The highest BCUT2D eigenvalue weighted by Gasteiger charge is 2.38. The van der Waals surface area contributed by atoms with Crippen LogP contribution in [0.4, 0.5) is 0 Å². The van der Waals surface area contributed by atoms with Gasteiger partial charge in [-0.2, -0.15) is 10.2 Å². The van der Waals surface area contributed by atoms with Crippen LogP contribution in [-0.4, -0.2) is 23.2 Å². The molecule has 2 N–H and O–H groups in total. The molecule has 0 aromatic heterocycles. The van der Waals surface area contributed by atoms with Crippen molar-refractivity contribution in [2.75, 3.05) is 0 Å². The molecular formula is C20H26N4O2. The van der Waals surface area contributed by atoms with Crippen molar-refractivity contribution in [2.24, 2.45) is 33.9 Å². The number of fused-ring (bicyclic) bond motifs is 2. The Balaban J connectivity index is 1.07. The zero-order chi connectivity index (χ0) is 17.9. The second kappa shape index (κ2) is 7.56. The fourth-order valence-corrected chi connectivity index (χ4v) is 4.27. The molecule has 4 aliphatic carbocycles. The molecule has 138 valence electrons. The monoisotopic (exact) mass is 354 g/mol. The summed E-state index contributed by atoms with van der Waals surface area (Å²) >= 11 is 0. The molecule has 2 amide bonds. The molecule has 0 heterocycles. The molecule has 0 spiro atoms. The lowest BCUT2D eigenvalue weighted by atomic mass is 9.74. The topological polar surface area (TPSA) is 82.9 Å². The Bertz CT molecular complexity index is 647. The lowest BCUT2D eigenvalue weighted by molar-refractivity contribution is -0.123. The first kappa shape index (κ1) is 17.2. The number of hydrazone groups is 2. The molecule has 4 rings (SSSR count). The van der Waals surface area contributed by atoms with E-state index in [1.54, 1.807) is 0 Å². The Kier molecular flexibility index (Phi) is 5.00. The summed E-state index contributed by atoms with van der Waals surface area (Å²) in [4.78, 5) is 23.7. The molecule has 0 aromatic rings. The molecule has 0 aromatic carbocycles. The maximum Gasteiger partial charge on any atom is 0.240 e. The fraction of sp³-hybridized carbons (Fsp3) is 0.600. The van der Waals surface area contributed by atoms with Crippen molar-refractivity contribution >= 4 is 23.2 Å². The minimum atomic E-state index is -0.0721. The van der Waals surface area contributed by atoms with E-state index in [4.69, 9.17) is 0 Å². The molecule has 6 heteroatoms. The van der Waals surface area contributed by atoms with Crippen LogP contribution in [0, 0.1) is 23.7 Å². The molecule has 0 saturated heterocycles. The van der Waals surface area contributed by atoms with Crippen molar-refractivity contribution in [3.8, 4) is 0 Å². The van der Waals surface area contributed by atoms with Crippen LogP contribution in [0.1, 0.15) is 51.4 Å². The number of carbonyl (C=O) groups is 2. The first-order chi connectivity index (χ1) is 12.7. The second-order valence-electron chi connectivity index (χ2n) is 7.79. The molecule has 0 aliphatic heterocycles. The number of hydrogen-bond donors (Lipinski definition) is 2. The average molecular weight is 354 g/mol. The number of rotatable bonds is 7. The zero-order valence-corrected chi connectivity index (χ0v) is 15.0. The maximum atomic E-state index is 11.8. The molecule has 0 bridgehead atoms. The van der Waals surface area contributed by atoms with Crippen LogP contribution >= 0.6 is 0 Å². The van der Waals surface area contributed by atoms with Crippen LogP contribution in [0.2, 0.25) is 0 Å². The van der Waals surface area contributed by atoms with Crippen molar-refractivity contribution in [3.05, 3.63) is 24.3 Å². The van der Waals surface area contributed by atoms with Crippen molar-refractivity contribution < 1.29 is 9.59 Å². The van der Waals surface area contributed by atoms with E-state index in [2.05, 4.69) is 45.4 Å². The van der Waals surface area contributed by atoms with Crippen molar-refractivity contribution in [2.45, 2.75) is 51.4 Å². The smallest absolute Gasteiger partial charge is 0.240 e. The second-order valence-corrected chi connectivity index (χ2v) is 7.79. The van der Waals surface area contributed by atoms with Crippen LogP contribution in [0.3, 0.4) is 0 Å². The van der Waals surface area contributed by atoms with Gasteiger partial charge in [-0.1, -0.05) is 24.3 Å². The van der Waals surface area contributed by atoms with Gasteiger partial charge in [0.25, 0.3) is 0 Å². The lowest BCUT2D eigenvalue weighted by Crippen LogP contribution is -2.35. The van der Waals surface area contributed by atoms with E-state index in [0.717, 1.165) is 37.1 Å². The Morgan fingerprint density at radius 3 is 1.73 bits per heavy atom. The predicted octanol–water partition coefficient (Wildman–Crippen LogP) is 2.68. The molecule has 4 atom stereocenters. The summed E-state index contributed by atoms with van der Waals surface area (Å²) in [5.74, 6) is 2.18. The Hall–Kier alpha value is -2.24. The SMILES string of the molecule is O=C(CCCCC(=O)N/N=C1/C[C@H]2CC=C[C@@H]12)N/N=C1/C[C@H]2CC=C[C@H]12. The number of hydrogen-bond acceptors (Lipinski definition) is 4. The number of carbonyl (C=O) groups excluding carboxylic acids is 2. The maximum absolute atomic E-state index is 11.8. The van der Waals surface area contributed by atoms with Crippen LogP contribution in [0.5, 0.6) is 0 Å². The molecule has 6 nitrogen and oxygen atoms in total. The highest BCUT2D eigenvalue weighted by Crippen LogP contribution is 2.40. The van der Waals surface area contributed by atoms with Crippen LogP contribution in [0.25, 0.3) is 0 Å². The summed E-state index contributed by atoms with van der Waals surface area (Å²) in [6.45, 7) is 0. The van der Waals surface area contributed by atoms with Crippen LogP contribution in [0.15, 0.2) is 34.5 Å². The highest BCUT2D eigenvalue weighted by atomic mass is 16.2. The third-order valence-electron chi connectivity index (χ3n) is 6.00. The number of unbranched alkanes of at least 4 members (excludes halogenated alkanes) is 1. The first-order valence-corrected chi connectivity index (χ1v) is 9.74. The summed E-state index contributed by atoms with van der Waals surface area (Å²) in [5, 5.41) is 8.48. The lowest BCUT2D eigenvalue weighted by Gasteiger charge is -2.31. The van der Waals surface area contributed by atoms with Gasteiger partial charge in [-0.05, 0) is 50.4 Å². The summed E-state index contributed by atoms with van der Waals surface area (Å²) in [6, 6.07) is 0. The van der Waals surface area contributed by atoms with Crippen LogP contribution in [-0.2, 0) is 9.59 Å². The minimum Gasteiger partial charge on any atom is -0.273 e. The summed E-state index contributed by atoms with van der Waals surface area (Å²) in [5.41, 5.74) is 7.47. The summed E-state index contributed by atoms with van der Waals surface area (Å²) in [6.07, 6.45) is 15.2. The Morgan fingerprint density at radius 2 is 1.31 bits per heavy atom. The van der Waals surface area contributed by atoms with Gasteiger partial charge in [-0.25, -0.2) is 10.9 Å². The van der Waals surface area contributed by atoms with Gasteiger partial charge < -0.3 is 0 Å². The van der Waals surface area contributed by atoms with Gasteiger partial charge >= 0.3 is 0 Å².